The smallest absolute Gasteiger partial charge is 0.257 e. The minimum atomic E-state index is -2.03. The van der Waals surface area contributed by atoms with E-state index in [4.69, 9.17) is 39.8 Å². The van der Waals surface area contributed by atoms with Crippen molar-refractivity contribution in [3.8, 4) is 0 Å². The van der Waals surface area contributed by atoms with Gasteiger partial charge in [0.1, 0.15) is 11.6 Å². The maximum Gasteiger partial charge on any atom is 0.257 e. The van der Waals surface area contributed by atoms with Crippen molar-refractivity contribution < 1.29 is 18.4 Å². The second kappa shape index (κ2) is 13.1. The van der Waals surface area contributed by atoms with Gasteiger partial charge in [-0.2, -0.15) is 0 Å². The van der Waals surface area contributed by atoms with Gasteiger partial charge in [-0.25, -0.2) is 13.8 Å². The molecular formula is C33H34Cl3F2N5O2. The number of carbonyl (C=O) groups is 2. The molecule has 5 rings (SSSR count). The van der Waals surface area contributed by atoms with E-state index < -0.39 is 17.4 Å². The Balaban J connectivity index is 1.50. The molecular weight excluding hydrogens is 643 g/mol. The molecule has 7 nitrogen and oxygen atoms in total. The van der Waals surface area contributed by atoms with E-state index in [9.17, 15) is 18.4 Å². The molecule has 0 radical (unpaired) electrons. The first-order valence-electron chi connectivity index (χ1n) is 14.7. The Bertz CT molecular complexity index is 1780. The number of amides is 2. The number of nitrogens with zero attached hydrogens (tertiary/aromatic N) is 3. The van der Waals surface area contributed by atoms with Crippen LogP contribution in [0.15, 0.2) is 42.5 Å². The van der Waals surface area contributed by atoms with Gasteiger partial charge in [0.15, 0.2) is 5.67 Å². The van der Waals surface area contributed by atoms with Crippen molar-refractivity contribution in [1.82, 2.24) is 14.9 Å². The molecule has 1 aliphatic rings. The normalized spacial score (nSPS) is 14.2. The van der Waals surface area contributed by atoms with E-state index in [2.05, 4.69) is 22.5 Å². The molecule has 0 spiro atoms. The summed E-state index contributed by atoms with van der Waals surface area (Å²) in [4.78, 5) is 32.8. The van der Waals surface area contributed by atoms with E-state index in [1.807, 2.05) is 17.7 Å². The lowest BCUT2D eigenvalue weighted by molar-refractivity contribution is -0.130. The van der Waals surface area contributed by atoms with E-state index in [0.29, 0.717) is 49.7 Å². The van der Waals surface area contributed by atoms with E-state index >= 15 is 0 Å². The average Bonchev–Trinajstić information content (AvgIpc) is 3.29. The van der Waals surface area contributed by atoms with Crippen molar-refractivity contribution >= 4 is 69.0 Å². The van der Waals surface area contributed by atoms with Crippen molar-refractivity contribution in [1.29, 1.82) is 0 Å². The summed E-state index contributed by atoms with van der Waals surface area (Å²) in [6, 6.07) is 11.2. The molecule has 0 aliphatic carbocycles. The molecule has 3 aromatic carbocycles. The number of imidazole rings is 1. The minimum absolute atomic E-state index is 0.0350. The van der Waals surface area contributed by atoms with Gasteiger partial charge < -0.3 is 20.1 Å². The van der Waals surface area contributed by atoms with E-state index in [1.54, 1.807) is 18.2 Å². The summed E-state index contributed by atoms with van der Waals surface area (Å²) in [6.45, 7) is 6.23. The van der Waals surface area contributed by atoms with Gasteiger partial charge in [0, 0.05) is 43.8 Å². The van der Waals surface area contributed by atoms with Gasteiger partial charge in [-0.1, -0.05) is 47.8 Å². The zero-order chi connectivity index (χ0) is 32.6. The molecule has 0 unspecified atom stereocenters. The van der Waals surface area contributed by atoms with Crippen LogP contribution in [0.3, 0.4) is 0 Å². The average molecular weight is 677 g/mol. The Hall–Kier alpha value is -3.40. The predicted molar refractivity (Wildman–Crippen MR) is 177 cm³/mol. The lowest BCUT2D eigenvalue weighted by atomic mass is 9.97. The number of nitrogens with one attached hydrogen (secondary N) is 2. The molecule has 45 heavy (non-hydrogen) atoms. The molecule has 1 saturated heterocycles. The number of aryl methyl sites for hydroxylation is 1. The summed E-state index contributed by atoms with van der Waals surface area (Å²) in [5.74, 6) is -0.432. The molecule has 1 aliphatic heterocycles. The number of hydrogen-bond donors (Lipinski definition) is 2. The van der Waals surface area contributed by atoms with Crippen LogP contribution in [0.25, 0.3) is 11.0 Å². The Morgan fingerprint density at radius 2 is 1.76 bits per heavy atom. The fourth-order valence-corrected chi connectivity index (χ4v) is 6.14. The number of benzene rings is 3. The monoisotopic (exact) mass is 675 g/mol. The highest BCUT2D eigenvalue weighted by atomic mass is 35.5. The standard InChI is InChI=1S/C33H34Cl3F2N5O2/c1-18-9-11-43(12-10-18)27-16-28-26(14-22(27)31(44)40-20-6-8-25(37)24(35)13-20)41-29(42(28)4)15-21-23(34)7-5-19(30(21)36)17-39-32(45)33(2,3)38/h5-8,13-14,16,18H,9-12,15,17H2,1-4H3,(H,39,45)(H,40,44). The number of carbonyl (C=O) groups excluding carboxylic acids is 2. The zero-order valence-corrected chi connectivity index (χ0v) is 27.7. The van der Waals surface area contributed by atoms with Crippen LogP contribution >= 0.6 is 34.8 Å². The second-order valence-electron chi connectivity index (χ2n) is 12.0. The number of piperidine rings is 1. The number of rotatable bonds is 8. The van der Waals surface area contributed by atoms with Crippen molar-refractivity contribution in [2.24, 2.45) is 13.0 Å². The van der Waals surface area contributed by atoms with Crippen molar-refractivity contribution in [3.05, 3.63) is 85.9 Å². The lowest BCUT2D eigenvalue weighted by Crippen LogP contribution is -2.38. The first kappa shape index (κ1) is 33.0. The first-order chi connectivity index (χ1) is 21.2. The SMILES string of the molecule is CC1CCN(c2cc3c(cc2C(=O)Nc2ccc(F)c(Cl)c2)nc(Cc2c(Cl)ccc(CNC(=O)C(C)(C)F)c2Cl)n3C)CC1. The van der Waals surface area contributed by atoms with Crippen LogP contribution in [0.4, 0.5) is 20.2 Å². The molecule has 1 aromatic heterocycles. The van der Waals surface area contributed by atoms with E-state index in [1.165, 1.54) is 32.0 Å². The van der Waals surface area contributed by atoms with Gasteiger partial charge in [-0.3, -0.25) is 9.59 Å². The molecule has 0 bridgehead atoms. The molecule has 2 N–H and O–H groups in total. The summed E-state index contributed by atoms with van der Waals surface area (Å²) >= 11 is 19.3. The van der Waals surface area contributed by atoms with Crippen molar-refractivity contribution in [3.63, 3.8) is 0 Å². The van der Waals surface area contributed by atoms with E-state index in [0.717, 1.165) is 37.1 Å². The highest BCUT2D eigenvalue weighted by Gasteiger charge is 2.27. The fraction of sp³-hybridized carbons (Fsp3) is 0.364. The quantitative estimate of drug-likeness (QED) is 0.198. The maximum absolute atomic E-state index is 14.0. The van der Waals surface area contributed by atoms with Gasteiger partial charge in [0.05, 0.1) is 32.3 Å². The van der Waals surface area contributed by atoms with Gasteiger partial charge in [-0.05, 0) is 80.1 Å². The highest BCUT2D eigenvalue weighted by Crippen LogP contribution is 2.34. The summed E-state index contributed by atoms with van der Waals surface area (Å²) in [5, 5.41) is 6.12. The third-order valence-corrected chi connectivity index (χ3v) is 9.33. The molecule has 2 heterocycles. The molecule has 0 atom stereocenters. The Morgan fingerprint density at radius 1 is 1.04 bits per heavy atom. The predicted octanol–water partition coefficient (Wildman–Crippen LogP) is 8.12. The van der Waals surface area contributed by atoms with Crippen LogP contribution in [0.2, 0.25) is 15.1 Å². The van der Waals surface area contributed by atoms with E-state index in [-0.39, 0.29) is 23.9 Å². The molecule has 12 heteroatoms. The lowest BCUT2D eigenvalue weighted by Gasteiger charge is -2.33. The molecule has 4 aromatic rings. The van der Waals surface area contributed by atoms with Gasteiger partial charge in [0.25, 0.3) is 11.8 Å². The third-order valence-electron chi connectivity index (χ3n) is 8.22. The Morgan fingerprint density at radius 3 is 2.42 bits per heavy atom. The van der Waals surface area contributed by atoms with Crippen molar-refractivity contribution in [2.75, 3.05) is 23.3 Å². The van der Waals surface area contributed by atoms with Crippen LogP contribution in [0.5, 0.6) is 0 Å². The van der Waals surface area contributed by atoms with Gasteiger partial charge >= 0.3 is 0 Å². The summed E-state index contributed by atoms with van der Waals surface area (Å²) in [5.41, 5.74) is 2.19. The number of anilines is 2. The number of alkyl halides is 1. The Kier molecular flexibility index (Phi) is 9.63. The topological polar surface area (TPSA) is 79.3 Å². The maximum atomic E-state index is 14.0. The van der Waals surface area contributed by atoms with Crippen LogP contribution < -0.4 is 15.5 Å². The molecule has 0 saturated carbocycles. The van der Waals surface area contributed by atoms with Gasteiger partial charge in [-0.15, -0.1) is 0 Å². The van der Waals surface area contributed by atoms with Crippen LogP contribution in [-0.4, -0.2) is 40.1 Å². The molecule has 238 valence electrons. The molecule has 2 amide bonds. The summed E-state index contributed by atoms with van der Waals surface area (Å²) < 4.78 is 29.7. The molecule has 1 fully saturated rings. The van der Waals surface area contributed by atoms with Crippen LogP contribution in [-0.2, 0) is 24.8 Å². The number of halogens is 5. The largest absolute Gasteiger partial charge is 0.371 e. The number of aromatic nitrogens is 2. The van der Waals surface area contributed by atoms with Gasteiger partial charge in [0.2, 0.25) is 0 Å². The van der Waals surface area contributed by atoms with Crippen molar-refractivity contribution in [2.45, 2.75) is 52.2 Å². The number of hydrogen-bond acceptors (Lipinski definition) is 4. The van der Waals surface area contributed by atoms with Crippen LogP contribution in [0, 0.1) is 11.7 Å². The second-order valence-corrected chi connectivity index (χ2v) is 13.2. The van der Waals surface area contributed by atoms with Crippen LogP contribution in [0.1, 0.15) is 60.9 Å². The first-order valence-corrected chi connectivity index (χ1v) is 15.8. The zero-order valence-electron chi connectivity index (χ0n) is 25.4. The summed E-state index contributed by atoms with van der Waals surface area (Å²) in [7, 11) is 1.89. The summed E-state index contributed by atoms with van der Waals surface area (Å²) in [6.07, 6.45) is 2.27. The minimum Gasteiger partial charge on any atom is -0.371 e. The highest BCUT2D eigenvalue weighted by molar-refractivity contribution is 6.36. The fourth-order valence-electron chi connectivity index (χ4n) is 5.39. The number of fused-ring (bicyclic) bond motifs is 1. The third kappa shape index (κ3) is 7.21. The Labute approximate surface area is 275 Å².